The van der Waals surface area contributed by atoms with Crippen LogP contribution in [0.25, 0.3) is 0 Å². The van der Waals surface area contributed by atoms with Crippen LogP contribution in [-0.2, 0) is 26.4 Å². The van der Waals surface area contributed by atoms with Crippen LogP contribution in [0.15, 0.2) is 23.2 Å². The third-order valence-corrected chi connectivity index (χ3v) is 4.31. The second-order valence-electron chi connectivity index (χ2n) is 6.25. The van der Waals surface area contributed by atoms with E-state index in [0.717, 1.165) is 30.2 Å². The molecule has 0 unspecified atom stereocenters. The highest BCUT2D eigenvalue weighted by Gasteiger charge is 2.13. The van der Waals surface area contributed by atoms with Crippen molar-refractivity contribution in [3.63, 3.8) is 0 Å². The second kappa shape index (κ2) is 10.6. The van der Waals surface area contributed by atoms with E-state index in [4.69, 9.17) is 4.74 Å². The third kappa shape index (κ3) is 5.68. The number of nitrogens with zero attached hydrogens (tertiary/aromatic N) is 3. The molecule has 0 aliphatic heterocycles. The minimum absolute atomic E-state index is 0.0284. The minimum atomic E-state index is -0.712. The van der Waals surface area contributed by atoms with Crippen LogP contribution in [-0.4, -0.2) is 35.4 Å². The molecule has 0 atom stereocenters. The first-order valence-electron chi connectivity index (χ1n) is 9.63. The highest BCUT2D eigenvalue weighted by molar-refractivity contribution is 5.79. The monoisotopic (exact) mass is 393 g/mol. The average Bonchev–Trinajstić information content (AvgIpc) is 2.99. The van der Waals surface area contributed by atoms with Crippen LogP contribution in [0.3, 0.4) is 0 Å². The van der Waals surface area contributed by atoms with Gasteiger partial charge in [0.2, 0.25) is 0 Å². The molecular formula is C20H29F2N5O. The van der Waals surface area contributed by atoms with E-state index in [2.05, 4.69) is 34.6 Å². The van der Waals surface area contributed by atoms with Gasteiger partial charge in [-0.2, -0.15) is 5.10 Å². The number of aromatic nitrogens is 2. The van der Waals surface area contributed by atoms with Crippen molar-refractivity contribution in [1.82, 2.24) is 20.4 Å². The molecule has 28 heavy (non-hydrogen) atoms. The van der Waals surface area contributed by atoms with Gasteiger partial charge in [-0.3, -0.25) is 4.68 Å². The Morgan fingerprint density at radius 2 is 1.96 bits per heavy atom. The average molecular weight is 393 g/mol. The number of aryl methyl sites for hydroxylation is 2. The fourth-order valence-electron chi connectivity index (χ4n) is 3.00. The van der Waals surface area contributed by atoms with Crippen molar-refractivity contribution in [1.29, 1.82) is 0 Å². The Kier molecular flexibility index (Phi) is 8.22. The molecule has 0 aliphatic rings. The maximum atomic E-state index is 13.6. The lowest BCUT2D eigenvalue weighted by molar-refractivity contribution is 0.304. The summed E-state index contributed by atoms with van der Waals surface area (Å²) in [6, 6.07) is 3.26. The van der Waals surface area contributed by atoms with Gasteiger partial charge in [0.1, 0.15) is 12.4 Å². The summed E-state index contributed by atoms with van der Waals surface area (Å²) in [5, 5.41) is 10.9. The number of ether oxygens (including phenoxy) is 1. The van der Waals surface area contributed by atoms with Crippen LogP contribution in [0.4, 0.5) is 8.78 Å². The third-order valence-electron chi connectivity index (χ3n) is 4.31. The van der Waals surface area contributed by atoms with Crippen molar-refractivity contribution in [2.24, 2.45) is 12.0 Å². The van der Waals surface area contributed by atoms with Gasteiger partial charge in [0.15, 0.2) is 17.5 Å². The van der Waals surface area contributed by atoms with E-state index in [1.165, 1.54) is 17.8 Å². The van der Waals surface area contributed by atoms with E-state index in [0.29, 0.717) is 25.6 Å². The number of hydrogen-bond acceptors (Lipinski definition) is 3. The van der Waals surface area contributed by atoms with Gasteiger partial charge in [-0.25, -0.2) is 13.8 Å². The summed E-state index contributed by atoms with van der Waals surface area (Å²) in [4.78, 5) is 4.65. The Morgan fingerprint density at radius 3 is 2.61 bits per heavy atom. The quantitative estimate of drug-likeness (QED) is 0.391. The number of benzene rings is 1. The van der Waals surface area contributed by atoms with E-state index < -0.39 is 11.6 Å². The van der Waals surface area contributed by atoms with Gasteiger partial charge >= 0.3 is 0 Å². The van der Waals surface area contributed by atoms with Crippen molar-refractivity contribution in [3.05, 3.63) is 46.8 Å². The molecule has 0 radical (unpaired) electrons. The molecule has 2 aromatic rings. The summed E-state index contributed by atoms with van der Waals surface area (Å²) in [7, 11) is 1.96. The Balaban J connectivity index is 1.95. The summed E-state index contributed by atoms with van der Waals surface area (Å²) in [6.07, 6.45) is 1.76. The summed E-state index contributed by atoms with van der Waals surface area (Å²) in [5.41, 5.74) is 3.41. The maximum Gasteiger partial charge on any atom is 0.191 e. The lowest BCUT2D eigenvalue weighted by Crippen LogP contribution is -2.39. The number of guanidine groups is 1. The molecule has 8 heteroatoms. The maximum absolute atomic E-state index is 13.6. The second-order valence-corrected chi connectivity index (χ2v) is 6.25. The fourth-order valence-corrected chi connectivity index (χ4v) is 3.00. The zero-order chi connectivity index (χ0) is 20.5. The molecule has 0 saturated carbocycles. The van der Waals surface area contributed by atoms with E-state index in [9.17, 15) is 8.78 Å². The first-order chi connectivity index (χ1) is 13.5. The first kappa shape index (κ1) is 21.7. The van der Waals surface area contributed by atoms with Gasteiger partial charge in [0, 0.05) is 30.9 Å². The van der Waals surface area contributed by atoms with Crippen LogP contribution < -0.4 is 15.4 Å². The predicted molar refractivity (Wildman–Crippen MR) is 107 cm³/mol. The Labute approximate surface area is 165 Å². The van der Waals surface area contributed by atoms with Gasteiger partial charge in [0.25, 0.3) is 0 Å². The zero-order valence-electron chi connectivity index (χ0n) is 17.0. The predicted octanol–water partition coefficient (Wildman–Crippen LogP) is 2.96. The summed E-state index contributed by atoms with van der Waals surface area (Å²) in [5.74, 6) is -0.659. The Hall–Kier alpha value is -2.64. The van der Waals surface area contributed by atoms with E-state index in [1.54, 1.807) is 0 Å². The number of rotatable bonds is 9. The number of halogens is 2. The van der Waals surface area contributed by atoms with Crippen LogP contribution in [0, 0.1) is 11.6 Å². The molecule has 0 saturated heterocycles. The molecule has 154 valence electrons. The Bertz CT molecular complexity index is 804. The van der Waals surface area contributed by atoms with Gasteiger partial charge in [-0.15, -0.1) is 0 Å². The van der Waals surface area contributed by atoms with Crippen molar-refractivity contribution in [2.75, 3.05) is 19.7 Å². The van der Waals surface area contributed by atoms with E-state index in [1.807, 2.05) is 18.7 Å². The lowest BCUT2D eigenvalue weighted by atomic mass is 10.1. The van der Waals surface area contributed by atoms with Gasteiger partial charge in [-0.1, -0.05) is 13.8 Å². The zero-order valence-corrected chi connectivity index (χ0v) is 17.0. The van der Waals surface area contributed by atoms with Gasteiger partial charge < -0.3 is 15.4 Å². The first-order valence-corrected chi connectivity index (χ1v) is 9.63. The molecular weight excluding hydrogens is 364 g/mol. The molecule has 2 N–H and O–H groups in total. The van der Waals surface area contributed by atoms with Crippen molar-refractivity contribution < 1.29 is 13.5 Å². The Morgan fingerprint density at radius 1 is 1.18 bits per heavy atom. The van der Waals surface area contributed by atoms with Crippen molar-refractivity contribution in [2.45, 2.75) is 40.2 Å². The molecule has 0 fully saturated rings. The smallest absolute Gasteiger partial charge is 0.191 e. The van der Waals surface area contributed by atoms with Gasteiger partial charge in [0.05, 0.1) is 18.8 Å². The highest BCUT2D eigenvalue weighted by atomic mass is 19.1. The van der Waals surface area contributed by atoms with Crippen LogP contribution >= 0.6 is 0 Å². The van der Waals surface area contributed by atoms with Crippen molar-refractivity contribution >= 4 is 5.96 Å². The van der Waals surface area contributed by atoms with Crippen LogP contribution in [0.1, 0.15) is 37.7 Å². The summed E-state index contributed by atoms with van der Waals surface area (Å²) in [6.45, 7) is 8.08. The fraction of sp³-hybridized carbons (Fsp3) is 0.500. The SMILES string of the molecule is CCNC(=NCc1c(CC)nn(C)c1CC)NCCOc1ccc(F)cc1F. The lowest BCUT2D eigenvalue weighted by Gasteiger charge is -2.13. The van der Waals surface area contributed by atoms with Gasteiger partial charge in [-0.05, 0) is 31.9 Å². The molecule has 2 rings (SSSR count). The molecule has 1 heterocycles. The van der Waals surface area contributed by atoms with E-state index in [-0.39, 0.29) is 12.4 Å². The molecule has 0 spiro atoms. The summed E-state index contributed by atoms with van der Waals surface area (Å²) < 4.78 is 33.8. The normalized spacial score (nSPS) is 11.6. The topological polar surface area (TPSA) is 63.5 Å². The molecule has 0 amide bonds. The number of aliphatic imine (C=N–C) groups is 1. The molecule has 0 bridgehead atoms. The van der Waals surface area contributed by atoms with Crippen LogP contribution in [0.5, 0.6) is 5.75 Å². The molecule has 0 aliphatic carbocycles. The molecule has 1 aromatic heterocycles. The van der Waals surface area contributed by atoms with Crippen LogP contribution in [0.2, 0.25) is 0 Å². The largest absolute Gasteiger partial charge is 0.489 e. The van der Waals surface area contributed by atoms with Crippen molar-refractivity contribution in [3.8, 4) is 5.75 Å². The standard InChI is InChI=1S/C20H29F2N5O/c1-5-17-15(18(6-2)27(4)26-17)13-25-20(23-7-3)24-10-11-28-19-9-8-14(21)12-16(19)22/h8-9,12H,5-7,10-11,13H2,1-4H3,(H2,23,24,25). The number of nitrogens with one attached hydrogen (secondary N) is 2. The molecule has 1 aromatic carbocycles. The summed E-state index contributed by atoms with van der Waals surface area (Å²) >= 11 is 0. The minimum Gasteiger partial charge on any atom is -0.489 e. The highest BCUT2D eigenvalue weighted by Crippen LogP contribution is 2.17. The molecule has 6 nitrogen and oxygen atoms in total. The number of hydrogen-bond donors (Lipinski definition) is 2. The van der Waals surface area contributed by atoms with E-state index >= 15 is 0 Å².